The van der Waals surface area contributed by atoms with E-state index >= 15 is 0 Å². The first-order valence-corrected chi connectivity index (χ1v) is 11.9. The van der Waals surface area contributed by atoms with Gasteiger partial charge in [0.05, 0.1) is 0 Å². The quantitative estimate of drug-likeness (QED) is 0.427. The number of hydrogen-bond acceptors (Lipinski definition) is 3. The lowest BCUT2D eigenvalue weighted by atomic mass is 10.0. The lowest BCUT2D eigenvalue weighted by Gasteiger charge is -2.31. The van der Waals surface area contributed by atoms with Gasteiger partial charge in [0.25, 0.3) is 5.91 Å². The molecule has 1 unspecified atom stereocenters. The molecule has 3 aromatic carbocycles. The first-order chi connectivity index (χ1) is 16.8. The number of carbonyl (C=O) groups is 2. The van der Waals surface area contributed by atoms with E-state index in [9.17, 15) is 14.0 Å². The second kappa shape index (κ2) is 12.7. The number of nitrogens with zero attached hydrogens (tertiary/aromatic N) is 1. The Hall–Kier alpha value is -3.67. The summed E-state index contributed by atoms with van der Waals surface area (Å²) in [7, 11) is 0. The number of aryl methyl sites for hydroxylation is 1. The smallest absolute Gasteiger partial charge is 0.261 e. The SMILES string of the molecule is Cc1ccccc1OCC(=O)N(Cc1ccc(F)cc1)C(Cc1ccccc1)C(=O)NCC(C)C. The van der Waals surface area contributed by atoms with Gasteiger partial charge in [-0.2, -0.15) is 0 Å². The summed E-state index contributed by atoms with van der Waals surface area (Å²) in [6, 6.07) is 22.3. The van der Waals surface area contributed by atoms with E-state index in [2.05, 4.69) is 5.32 Å². The summed E-state index contributed by atoms with van der Waals surface area (Å²) < 4.78 is 19.3. The van der Waals surface area contributed by atoms with Crippen molar-refractivity contribution < 1.29 is 18.7 Å². The number of amides is 2. The van der Waals surface area contributed by atoms with Crippen molar-refractivity contribution in [2.45, 2.75) is 39.8 Å². The molecule has 0 aliphatic rings. The molecule has 0 aromatic heterocycles. The number of ether oxygens (including phenoxy) is 1. The normalized spacial score (nSPS) is 11.7. The Morgan fingerprint density at radius 1 is 0.914 bits per heavy atom. The molecule has 1 atom stereocenters. The third-order valence-electron chi connectivity index (χ3n) is 5.67. The van der Waals surface area contributed by atoms with Crippen molar-refractivity contribution in [2.75, 3.05) is 13.2 Å². The lowest BCUT2D eigenvalue weighted by molar-refractivity contribution is -0.142. The molecule has 6 heteroatoms. The molecule has 2 amide bonds. The van der Waals surface area contributed by atoms with E-state index in [-0.39, 0.29) is 36.7 Å². The van der Waals surface area contributed by atoms with E-state index in [1.54, 1.807) is 12.1 Å². The van der Waals surface area contributed by atoms with Crippen LogP contribution in [0.2, 0.25) is 0 Å². The minimum absolute atomic E-state index is 0.156. The van der Waals surface area contributed by atoms with Crippen molar-refractivity contribution in [2.24, 2.45) is 5.92 Å². The molecule has 0 heterocycles. The molecule has 0 aliphatic heterocycles. The average molecular weight is 477 g/mol. The molecule has 0 aliphatic carbocycles. The molecular weight excluding hydrogens is 443 g/mol. The molecule has 3 rings (SSSR count). The van der Waals surface area contributed by atoms with Crippen molar-refractivity contribution in [1.82, 2.24) is 10.2 Å². The summed E-state index contributed by atoms with van der Waals surface area (Å²) in [4.78, 5) is 28.4. The highest BCUT2D eigenvalue weighted by molar-refractivity contribution is 5.88. The number of para-hydroxylation sites is 1. The molecule has 0 spiro atoms. The Labute approximate surface area is 206 Å². The molecule has 3 aromatic rings. The summed E-state index contributed by atoms with van der Waals surface area (Å²) in [5.74, 6) is -0.0226. The van der Waals surface area contributed by atoms with Gasteiger partial charge in [-0.1, -0.05) is 74.5 Å². The van der Waals surface area contributed by atoms with E-state index in [4.69, 9.17) is 4.74 Å². The maximum absolute atomic E-state index is 13.5. The number of hydrogen-bond donors (Lipinski definition) is 1. The maximum atomic E-state index is 13.5. The zero-order chi connectivity index (χ0) is 25.2. The second-order valence-electron chi connectivity index (χ2n) is 9.05. The monoisotopic (exact) mass is 476 g/mol. The van der Waals surface area contributed by atoms with Crippen LogP contribution in [0.15, 0.2) is 78.9 Å². The summed E-state index contributed by atoms with van der Waals surface area (Å²) in [5.41, 5.74) is 2.58. The summed E-state index contributed by atoms with van der Waals surface area (Å²) in [5, 5.41) is 2.98. The van der Waals surface area contributed by atoms with Crippen LogP contribution in [-0.2, 0) is 22.6 Å². The van der Waals surface area contributed by atoms with Gasteiger partial charge in [-0.25, -0.2) is 4.39 Å². The predicted molar refractivity (Wildman–Crippen MR) is 135 cm³/mol. The molecule has 0 saturated carbocycles. The van der Waals surface area contributed by atoms with Crippen molar-refractivity contribution in [3.63, 3.8) is 0 Å². The van der Waals surface area contributed by atoms with Crippen LogP contribution < -0.4 is 10.1 Å². The number of benzene rings is 3. The predicted octanol–water partition coefficient (Wildman–Crippen LogP) is 4.93. The standard InChI is InChI=1S/C29H33FN2O3/c1-21(2)18-31-29(34)26(17-23-10-5-4-6-11-23)32(19-24-13-15-25(30)16-14-24)28(33)20-35-27-12-8-7-9-22(27)3/h4-16,21,26H,17-20H2,1-3H3,(H,31,34). The Morgan fingerprint density at radius 3 is 2.23 bits per heavy atom. The largest absolute Gasteiger partial charge is 0.484 e. The third-order valence-corrected chi connectivity index (χ3v) is 5.67. The minimum atomic E-state index is -0.755. The third kappa shape index (κ3) is 7.95. The molecule has 0 bridgehead atoms. The van der Waals surface area contributed by atoms with E-state index < -0.39 is 6.04 Å². The Morgan fingerprint density at radius 2 is 1.57 bits per heavy atom. The Bertz CT molecular complexity index is 1100. The Balaban J connectivity index is 1.90. The van der Waals surface area contributed by atoms with Crippen LogP contribution in [0, 0.1) is 18.7 Å². The number of nitrogens with one attached hydrogen (secondary N) is 1. The number of carbonyl (C=O) groups excluding carboxylic acids is 2. The zero-order valence-corrected chi connectivity index (χ0v) is 20.5. The number of halogens is 1. The Kier molecular flexibility index (Phi) is 9.41. The fraction of sp³-hybridized carbons (Fsp3) is 0.310. The van der Waals surface area contributed by atoms with Crippen LogP contribution in [-0.4, -0.2) is 35.9 Å². The fourth-order valence-corrected chi connectivity index (χ4v) is 3.70. The van der Waals surface area contributed by atoms with E-state index in [1.165, 1.54) is 17.0 Å². The summed E-state index contributed by atoms with van der Waals surface area (Å²) in [6.07, 6.45) is 0.349. The van der Waals surface area contributed by atoms with Gasteiger partial charge in [0.15, 0.2) is 6.61 Å². The first-order valence-electron chi connectivity index (χ1n) is 11.9. The molecule has 35 heavy (non-hydrogen) atoms. The van der Waals surface area contributed by atoms with Gasteiger partial charge >= 0.3 is 0 Å². The van der Waals surface area contributed by atoms with Crippen molar-refractivity contribution in [3.8, 4) is 5.75 Å². The molecule has 0 fully saturated rings. The number of rotatable bonds is 11. The van der Waals surface area contributed by atoms with E-state index in [0.29, 0.717) is 18.7 Å². The van der Waals surface area contributed by atoms with Crippen LogP contribution in [0.4, 0.5) is 4.39 Å². The summed E-state index contributed by atoms with van der Waals surface area (Å²) in [6.45, 7) is 6.39. The van der Waals surface area contributed by atoms with Crippen LogP contribution >= 0.6 is 0 Å². The van der Waals surface area contributed by atoms with Gasteiger partial charge in [0, 0.05) is 19.5 Å². The summed E-state index contributed by atoms with van der Waals surface area (Å²) >= 11 is 0. The molecular formula is C29H33FN2O3. The van der Waals surface area contributed by atoms with E-state index in [1.807, 2.05) is 75.4 Å². The first kappa shape index (κ1) is 25.9. The lowest BCUT2D eigenvalue weighted by Crippen LogP contribution is -2.52. The van der Waals surface area contributed by atoms with E-state index in [0.717, 1.165) is 16.7 Å². The van der Waals surface area contributed by atoms with Gasteiger partial charge in [0.1, 0.15) is 17.6 Å². The van der Waals surface area contributed by atoms with Gasteiger partial charge in [-0.3, -0.25) is 9.59 Å². The topological polar surface area (TPSA) is 58.6 Å². The highest BCUT2D eigenvalue weighted by Crippen LogP contribution is 2.19. The minimum Gasteiger partial charge on any atom is -0.484 e. The molecule has 1 N–H and O–H groups in total. The maximum Gasteiger partial charge on any atom is 0.261 e. The fourth-order valence-electron chi connectivity index (χ4n) is 3.70. The average Bonchev–Trinajstić information content (AvgIpc) is 2.85. The molecule has 0 saturated heterocycles. The van der Waals surface area contributed by atoms with Crippen molar-refractivity contribution in [1.29, 1.82) is 0 Å². The van der Waals surface area contributed by atoms with Gasteiger partial charge < -0.3 is 15.0 Å². The molecule has 5 nitrogen and oxygen atoms in total. The van der Waals surface area contributed by atoms with Crippen molar-refractivity contribution >= 4 is 11.8 Å². The van der Waals surface area contributed by atoms with Gasteiger partial charge in [0.2, 0.25) is 5.91 Å². The van der Waals surface area contributed by atoms with Crippen molar-refractivity contribution in [3.05, 3.63) is 101 Å². The van der Waals surface area contributed by atoms with Crippen LogP contribution in [0.25, 0.3) is 0 Å². The van der Waals surface area contributed by atoms with Gasteiger partial charge in [-0.15, -0.1) is 0 Å². The second-order valence-corrected chi connectivity index (χ2v) is 9.05. The zero-order valence-electron chi connectivity index (χ0n) is 20.5. The molecule has 184 valence electrons. The van der Waals surface area contributed by atoms with Crippen LogP contribution in [0.5, 0.6) is 5.75 Å². The van der Waals surface area contributed by atoms with Gasteiger partial charge in [-0.05, 0) is 47.7 Å². The van der Waals surface area contributed by atoms with Crippen LogP contribution in [0.3, 0.4) is 0 Å². The molecule has 0 radical (unpaired) electrons. The highest BCUT2D eigenvalue weighted by Gasteiger charge is 2.30. The van der Waals surface area contributed by atoms with Crippen LogP contribution in [0.1, 0.15) is 30.5 Å². The highest BCUT2D eigenvalue weighted by atomic mass is 19.1.